The van der Waals surface area contributed by atoms with E-state index in [2.05, 4.69) is 16.9 Å². The van der Waals surface area contributed by atoms with Gasteiger partial charge in [0, 0.05) is 24.3 Å². The number of carbonyl (C=O) groups is 1. The van der Waals surface area contributed by atoms with Gasteiger partial charge in [-0.1, -0.05) is 0 Å². The fourth-order valence-corrected chi connectivity index (χ4v) is 2.89. The third-order valence-corrected chi connectivity index (χ3v) is 4.18. The van der Waals surface area contributed by atoms with Crippen LogP contribution < -0.4 is 4.90 Å². The minimum absolute atomic E-state index is 0.101. The lowest BCUT2D eigenvalue weighted by Crippen LogP contribution is -2.39. The van der Waals surface area contributed by atoms with Crippen LogP contribution in [-0.4, -0.2) is 33.6 Å². The number of piperidine rings is 1. The van der Waals surface area contributed by atoms with E-state index in [1.54, 1.807) is 12.1 Å². The van der Waals surface area contributed by atoms with Crippen molar-refractivity contribution >= 4 is 11.8 Å². The molecular weight excluding hydrogens is 297 g/mol. The van der Waals surface area contributed by atoms with Crippen LogP contribution in [0.1, 0.15) is 36.5 Å². The van der Waals surface area contributed by atoms with Crippen molar-refractivity contribution in [3.05, 3.63) is 41.8 Å². The number of hydrogen-bond donors (Lipinski definition) is 1. The lowest BCUT2D eigenvalue weighted by molar-refractivity contribution is 0.0696. The number of carboxylic acid groups (broad SMARTS) is 1. The van der Waals surface area contributed by atoms with Gasteiger partial charge >= 0.3 is 5.97 Å². The molecule has 5 nitrogen and oxygen atoms in total. The van der Waals surface area contributed by atoms with E-state index in [1.807, 2.05) is 4.90 Å². The maximum absolute atomic E-state index is 13.1. The standard InChI is InChI=1S/C17H18FN3O2/c1-11-4-2-3-9-21(11)16-14(17(22)23)10-19-15(20-16)12-5-7-13(18)8-6-12/h5-8,10-11H,2-4,9H2,1H3,(H,22,23). The number of nitrogens with zero attached hydrogens (tertiary/aromatic N) is 3. The predicted molar refractivity (Wildman–Crippen MR) is 85.0 cm³/mol. The molecule has 1 saturated heterocycles. The Morgan fingerprint density at radius 3 is 2.70 bits per heavy atom. The molecule has 1 fully saturated rings. The number of halogens is 1. The normalized spacial score (nSPS) is 18.0. The summed E-state index contributed by atoms with van der Waals surface area (Å²) in [7, 11) is 0. The molecule has 0 amide bonds. The first-order valence-corrected chi connectivity index (χ1v) is 7.69. The van der Waals surface area contributed by atoms with Crippen LogP contribution in [0.25, 0.3) is 11.4 Å². The van der Waals surface area contributed by atoms with Crippen LogP contribution >= 0.6 is 0 Å². The second kappa shape index (κ2) is 6.32. The van der Waals surface area contributed by atoms with E-state index in [0.29, 0.717) is 17.2 Å². The molecule has 2 heterocycles. The molecule has 1 aromatic carbocycles. The van der Waals surface area contributed by atoms with Crippen LogP contribution in [0.15, 0.2) is 30.5 Å². The zero-order valence-electron chi connectivity index (χ0n) is 12.9. The Hall–Kier alpha value is -2.50. The van der Waals surface area contributed by atoms with Gasteiger partial charge in [0.25, 0.3) is 0 Å². The molecule has 0 aliphatic carbocycles. The Morgan fingerprint density at radius 1 is 1.30 bits per heavy atom. The second-order valence-corrected chi connectivity index (χ2v) is 5.78. The van der Waals surface area contributed by atoms with E-state index in [-0.39, 0.29) is 17.4 Å². The van der Waals surface area contributed by atoms with Gasteiger partial charge in [0.1, 0.15) is 17.2 Å². The summed E-state index contributed by atoms with van der Waals surface area (Å²) in [4.78, 5) is 22.2. The summed E-state index contributed by atoms with van der Waals surface area (Å²) < 4.78 is 13.1. The topological polar surface area (TPSA) is 66.3 Å². The van der Waals surface area contributed by atoms with Crippen molar-refractivity contribution in [1.82, 2.24) is 9.97 Å². The molecule has 2 aromatic rings. The van der Waals surface area contributed by atoms with Crippen LogP contribution in [0.2, 0.25) is 0 Å². The van der Waals surface area contributed by atoms with Crippen molar-refractivity contribution in [2.24, 2.45) is 0 Å². The lowest BCUT2D eigenvalue weighted by atomic mass is 10.0. The first-order valence-electron chi connectivity index (χ1n) is 7.69. The summed E-state index contributed by atoms with van der Waals surface area (Å²) >= 11 is 0. The number of anilines is 1. The van der Waals surface area contributed by atoms with Gasteiger partial charge in [-0.25, -0.2) is 19.2 Å². The molecule has 1 unspecified atom stereocenters. The SMILES string of the molecule is CC1CCCCN1c1nc(-c2ccc(F)cc2)ncc1C(=O)O. The third kappa shape index (κ3) is 3.16. The van der Waals surface area contributed by atoms with Gasteiger partial charge in [0.2, 0.25) is 0 Å². The van der Waals surface area contributed by atoms with Crippen molar-refractivity contribution in [2.75, 3.05) is 11.4 Å². The van der Waals surface area contributed by atoms with Gasteiger partial charge in [-0.15, -0.1) is 0 Å². The summed E-state index contributed by atoms with van der Waals surface area (Å²) in [5.74, 6) is -0.522. The number of aromatic carboxylic acids is 1. The number of carboxylic acids is 1. The third-order valence-electron chi connectivity index (χ3n) is 4.18. The van der Waals surface area contributed by atoms with Gasteiger partial charge in [0.05, 0.1) is 0 Å². The first kappa shape index (κ1) is 15.4. The maximum atomic E-state index is 13.1. The number of aromatic nitrogens is 2. The van der Waals surface area contributed by atoms with Crippen LogP contribution in [0.4, 0.5) is 10.2 Å². The molecule has 0 bridgehead atoms. The number of benzene rings is 1. The fourth-order valence-electron chi connectivity index (χ4n) is 2.89. The average Bonchev–Trinajstić information content (AvgIpc) is 2.55. The largest absolute Gasteiger partial charge is 0.477 e. The van der Waals surface area contributed by atoms with Gasteiger partial charge in [0.15, 0.2) is 5.82 Å². The summed E-state index contributed by atoms with van der Waals surface area (Å²) in [5.41, 5.74) is 0.763. The monoisotopic (exact) mass is 315 g/mol. The summed E-state index contributed by atoms with van der Waals surface area (Å²) in [6, 6.07) is 6.10. The van der Waals surface area contributed by atoms with E-state index >= 15 is 0 Å². The van der Waals surface area contributed by atoms with Crippen molar-refractivity contribution in [2.45, 2.75) is 32.2 Å². The fraction of sp³-hybridized carbons (Fsp3) is 0.353. The highest BCUT2D eigenvalue weighted by Crippen LogP contribution is 2.28. The molecule has 1 aliphatic rings. The molecule has 0 radical (unpaired) electrons. The van der Waals surface area contributed by atoms with Crippen molar-refractivity contribution in [1.29, 1.82) is 0 Å². The highest BCUT2D eigenvalue weighted by molar-refractivity contribution is 5.93. The highest BCUT2D eigenvalue weighted by atomic mass is 19.1. The van der Waals surface area contributed by atoms with Crippen LogP contribution in [0, 0.1) is 5.82 Å². The Balaban J connectivity index is 2.06. The van der Waals surface area contributed by atoms with Gasteiger partial charge in [-0.3, -0.25) is 0 Å². The van der Waals surface area contributed by atoms with Crippen molar-refractivity contribution in [3.8, 4) is 11.4 Å². The van der Waals surface area contributed by atoms with Crippen LogP contribution in [0.3, 0.4) is 0 Å². The molecule has 120 valence electrons. The average molecular weight is 315 g/mol. The summed E-state index contributed by atoms with van der Waals surface area (Å²) in [6.45, 7) is 2.85. The first-order chi connectivity index (χ1) is 11.1. The number of hydrogen-bond acceptors (Lipinski definition) is 4. The Labute approximate surface area is 133 Å². The molecule has 23 heavy (non-hydrogen) atoms. The minimum atomic E-state index is -1.04. The maximum Gasteiger partial charge on any atom is 0.341 e. The van der Waals surface area contributed by atoms with E-state index in [1.165, 1.54) is 18.3 Å². The molecular formula is C17H18FN3O2. The molecule has 1 aliphatic heterocycles. The molecule has 6 heteroatoms. The van der Waals surface area contributed by atoms with E-state index in [9.17, 15) is 14.3 Å². The van der Waals surface area contributed by atoms with Crippen LogP contribution in [-0.2, 0) is 0 Å². The van der Waals surface area contributed by atoms with Crippen molar-refractivity contribution in [3.63, 3.8) is 0 Å². The van der Waals surface area contributed by atoms with E-state index < -0.39 is 5.97 Å². The highest BCUT2D eigenvalue weighted by Gasteiger charge is 2.25. The van der Waals surface area contributed by atoms with Gasteiger partial charge in [-0.2, -0.15) is 0 Å². The predicted octanol–water partition coefficient (Wildman–Crippen LogP) is 3.36. The summed E-state index contributed by atoms with van der Waals surface area (Å²) in [5, 5.41) is 9.42. The quantitative estimate of drug-likeness (QED) is 0.941. The zero-order chi connectivity index (χ0) is 16.4. The Kier molecular flexibility index (Phi) is 4.23. The van der Waals surface area contributed by atoms with Gasteiger partial charge in [-0.05, 0) is 50.5 Å². The summed E-state index contributed by atoms with van der Waals surface area (Å²) in [6.07, 6.45) is 4.49. The Morgan fingerprint density at radius 2 is 2.04 bits per heavy atom. The smallest absolute Gasteiger partial charge is 0.341 e. The molecule has 1 aromatic heterocycles. The molecule has 3 rings (SSSR count). The minimum Gasteiger partial charge on any atom is -0.477 e. The van der Waals surface area contributed by atoms with Crippen LogP contribution in [0.5, 0.6) is 0 Å². The lowest BCUT2D eigenvalue weighted by Gasteiger charge is -2.35. The van der Waals surface area contributed by atoms with E-state index in [4.69, 9.17) is 0 Å². The molecule has 1 N–H and O–H groups in total. The number of rotatable bonds is 3. The molecule has 0 spiro atoms. The van der Waals surface area contributed by atoms with Crippen molar-refractivity contribution < 1.29 is 14.3 Å². The molecule has 1 atom stereocenters. The van der Waals surface area contributed by atoms with E-state index in [0.717, 1.165) is 25.8 Å². The zero-order valence-corrected chi connectivity index (χ0v) is 12.9. The molecule has 0 saturated carbocycles. The van der Waals surface area contributed by atoms with Gasteiger partial charge < -0.3 is 10.0 Å². The Bertz CT molecular complexity index is 718. The second-order valence-electron chi connectivity index (χ2n) is 5.78.